The molecule has 2 aromatic rings. The van der Waals surface area contributed by atoms with Crippen molar-refractivity contribution in [3.05, 3.63) is 54.1 Å². The number of esters is 1. The number of phenolic OH excluding ortho intramolecular Hbond substituents is 2. The molecule has 28 heavy (non-hydrogen) atoms. The van der Waals surface area contributed by atoms with E-state index in [0.717, 1.165) is 0 Å². The fourth-order valence-electron chi connectivity index (χ4n) is 2.26. The van der Waals surface area contributed by atoms with E-state index in [1.54, 1.807) is 44.2 Å². The largest absolute Gasteiger partial charge is 0.514 e. The van der Waals surface area contributed by atoms with Gasteiger partial charge >= 0.3 is 12.1 Å². The number of ether oxygens (including phenoxy) is 3. The fourth-order valence-corrected chi connectivity index (χ4v) is 2.26. The van der Waals surface area contributed by atoms with Crippen LogP contribution in [0.4, 0.5) is 4.79 Å². The zero-order valence-electron chi connectivity index (χ0n) is 15.6. The molecule has 0 aliphatic carbocycles. The summed E-state index contributed by atoms with van der Waals surface area (Å²) in [5.74, 6) is -0.914. The van der Waals surface area contributed by atoms with Gasteiger partial charge in [-0.1, -0.05) is 24.3 Å². The van der Waals surface area contributed by atoms with Crippen LogP contribution in [0.25, 0.3) is 0 Å². The minimum atomic E-state index is -0.991. The van der Waals surface area contributed by atoms with Crippen molar-refractivity contribution >= 4 is 12.1 Å². The van der Waals surface area contributed by atoms with Gasteiger partial charge in [-0.2, -0.15) is 0 Å². The first-order valence-corrected chi connectivity index (χ1v) is 8.66. The van der Waals surface area contributed by atoms with Crippen molar-refractivity contribution in [1.29, 1.82) is 0 Å². The minimum Gasteiger partial charge on any atom is -0.504 e. The molecular formula is C20H23NO7. The summed E-state index contributed by atoms with van der Waals surface area (Å²) in [5, 5.41) is 18.8. The van der Waals surface area contributed by atoms with E-state index in [2.05, 4.69) is 0 Å². The lowest BCUT2D eigenvalue weighted by atomic mass is 10.1. The van der Waals surface area contributed by atoms with Crippen molar-refractivity contribution in [2.24, 2.45) is 5.73 Å². The van der Waals surface area contributed by atoms with Crippen molar-refractivity contribution in [3.63, 3.8) is 0 Å². The van der Waals surface area contributed by atoms with E-state index in [4.69, 9.17) is 19.9 Å². The summed E-state index contributed by atoms with van der Waals surface area (Å²) in [6, 6.07) is 11.6. The molecule has 0 saturated carbocycles. The number of carbonyl (C=O) groups excluding carboxylic acids is 2. The van der Waals surface area contributed by atoms with Crippen LogP contribution < -0.4 is 10.5 Å². The van der Waals surface area contributed by atoms with Crippen molar-refractivity contribution in [2.75, 3.05) is 0 Å². The van der Waals surface area contributed by atoms with E-state index in [-0.39, 0.29) is 17.9 Å². The van der Waals surface area contributed by atoms with E-state index < -0.39 is 30.4 Å². The average Bonchev–Trinajstić information content (AvgIpc) is 2.65. The van der Waals surface area contributed by atoms with Crippen LogP contribution in [0, 0.1) is 0 Å². The normalized spacial score (nSPS) is 13.8. The Bertz CT molecular complexity index is 809. The van der Waals surface area contributed by atoms with Gasteiger partial charge in [0.1, 0.15) is 24.0 Å². The lowest BCUT2D eigenvalue weighted by Gasteiger charge is -2.22. The SMILES string of the molecule is C[C@H](OC(=O)[C@@H](N)Cc1ccc(O)c(O)c1)[C@@H](C)OC(=O)Oc1ccccc1. The Kier molecular flexibility index (Phi) is 7.22. The van der Waals surface area contributed by atoms with Crippen molar-refractivity contribution in [1.82, 2.24) is 0 Å². The third-order valence-corrected chi connectivity index (χ3v) is 3.99. The molecular weight excluding hydrogens is 366 g/mol. The number of phenols is 2. The van der Waals surface area contributed by atoms with Crippen LogP contribution in [0.2, 0.25) is 0 Å². The third-order valence-electron chi connectivity index (χ3n) is 3.99. The van der Waals surface area contributed by atoms with Crippen LogP contribution in [0.3, 0.4) is 0 Å². The second kappa shape index (κ2) is 9.61. The van der Waals surface area contributed by atoms with Crippen molar-refractivity contribution < 1.29 is 34.0 Å². The van der Waals surface area contributed by atoms with E-state index in [1.165, 1.54) is 18.2 Å². The van der Waals surface area contributed by atoms with E-state index in [0.29, 0.717) is 11.3 Å². The highest BCUT2D eigenvalue weighted by Crippen LogP contribution is 2.25. The molecule has 8 heteroatoms. The smallest absolute Gasteiger partial charge is 0.504 e. The molecule has 150 valence electrons. The number of para-hydroxylation sites is 1. The summed E-state index contributed by atoms with van der Waals surface area (Å²) in [4.78, 5) is 24.0. The molecule has 3 atom stereocenters. The molecule has 0 saturated heterocycles. The molecule has 0 aromatic heterocycles. The van der Waals surface area contributed by atoms with Gasteiger partial charge in [-0.3, -0.25) is 4.79 Å². The number of aromatic hydroxyl groups is 2. The highest BCUT2D eigenvalue weighted by Gasteiger charge is 2.25. The molecule has 2 aromatic carbocycles. The molecule has 0 amide bonds. The molecule has 0 aliphatic rings. The number of benzene rings is 2. The highest BCUT2D eigenvalue weighted by atomic mass is 16.7. The Morgan fingerprint density at radius 1 is 0.964 bits per heavy atom. The van der Waals surface area contributed by atoms with Crippen LogP contribution in [-0.2, 0) is 20.7 Å². The average molecular weight is 389 g/mol. The first-order chi connectivity index (χ1) is 13.3. The summed E-state index contributed by atoms with van der Waals surface area (Å²) in [5.41, 5.74) is 6.40. The quantitative estimate of drug-likeness (QED) is 0.374. The second-order valence-electron chi connectivity index (χ2n) is 6.26. The van der Waals surface area contributed by atoms with Gasteiger partial charge in [0, 0.05) is 0 Å². The lowest BCUT2D eigenvalue weighted by Crippen LogP contribution is -2.39. The number of nitrogens with two attached hydrogens (primary N) is 1. The Morgan fingerprint density at radius 3 is 2.25 bits per heavy atom. The molecule has 8 nitrogen and oxygen atoms in total. The highest BCUT2D eigenvalue weighted by molar-refractivity contribution is 5.76. The van der Waals surface area contributed by atoms with Gasteiger partial charge in [0.05, 0.1) is 0 Å². The third kappa shape index (κ3) is 6.17. The molecule has 0 spiro atoms. The number of carbonyl (C=O) groups is 2. The van der Waals surface area contributed by atoms with Gasteiger partial charge < -0.3 is 30.2 Å². The zero-order chi connectivity index (χ0) is 20.7. The number of hydrogen-bond donors (Lipinski definition) is 3. The fraction of sp³-hybridized carbons (Fsp3) is 0.300. The Labute approximate surface area is 162 Å². The predicted octanol–water partition coefficient (Wildman–Crippen LogP) is 2.50. The summed E-state index contributed by atoms with van der Waals surface area (Å²) in [6.45, 7) is 3.13. The van der Waals surface area contributed by atoms with Gasteiger partial charge in [0.25, 0.3) is 0 Å². The number of hydrogen-bond acceptors (Lipinski definition) is 8. The van der Waals surface area contributed by atoms with Crippen LogP contribution in [0.1, 0.15) is 19.4 Å². The van der Waals surface area contributed by atoms with E-state index in [1.807, 2.05) is 0 Å². The predicted molar refractivity (Wildman–Crippen MR) is 100 cm³/mol. The van der Waals surface area contributed by atoms with Gasteiger partial charge in [-0.15, -0.1) is 0 Å². The molecule has 4 N–H and O–H groups in total. The summed E-state index contributed by atoms with van der Waals surface area (Å²) in [7, 11) is 0. The standard InChI is InChI=1S/C20H23NO7/c1-12(13(2)27-20(25)28-15-6-4-3-5-7-15)26-19(24)16(21)10-14-8-9-17(22)18(23)11-14/h3-9,11-13,16,22-23H,10,21H2,1-2H3/t12-,13+,16-/m0/s1. The van der Waals surface area contributed by atoms with Gasteiger partial charge in [0.2, 0.25) is 0 Å². The van der Waals surface area contributed by atoms with Crippen LogP contribution in [0.15, 0.2) is 48.5 Å². The summed E-state index contributed by atoms with van der Waals surface area (Å²) in [6.07, 6.45) is -2.32. The maximum absolute atomic E-state index is 12.2. The van der Waals surface area contributed by atoms with Gasteiger partial charge in [-0.05, 0) is 50.1 Å². The number of rotatable bonds is 7. The molecule has 0 heterocycles. The van der Waals surface area contributed by atoms with Crippen LogP contribution in [0.5, 0.6) is 17.2 Å². The van der Waals surface area contributed by atoms with Crippen molar-refractivity contribution in [2.45, 2.75) is 38.5 Å². The Balaban J connectivity index is 1.82. The summed E-state index contributed by atoms with van der Waals surface area (Å²) < 4.78 is 15.4. The molecule has 0 fully saturated rings. The molecule has 0 bridgehead atoms. The molecule has 0 aliphatic heterocycles. The first kappa shape index (κ1) is 21.0. The lowest BCUT2D eigenvalue weighted by molar-refractivity contribution is -0.155. The van der Waals surface area contributed by atoms with Gasteiger partial charge in [-0.25, -0.2) is 4.79 Å². The van der Waals surface area contributed by atoms with Crippen LogP contribution >= 0.6 is 0 Å². The topological polar surface area (TPSA) is 128 Å². The van der Waals surface area contributed by atoms with Crippen molar-refractivity contribution in [3.8, 4) is 17.2 Å². The summed E-state index contributed by atoms with van der Waals surface area (Å²) >= 11 is 0. The zero-order valence-corrected chi connectivity index (χ0v) is 15.6. The molecule has 0 unspecified atom stereocenters. The maximum atomic E-state index is 12.2. The Morgan fingerprint density at radius 2 is 1.61 bits per heavy atom. The minimum absolute atomic E-state index is 0.102. The van der Waals surface area contributed by atoms with Gasteiger partial charge in [0.15, 0.2) is 11.5 Å². The second-order valence-corrected chi connectivity index (χ2v) is 6.26. The van der Waals surface area contributed by atoms with E-state index in [9.17, 15) is 19.8 Å². The molecule has 2 rings (SSSR count). The first-order valence-electron chi connectivity index (χ1n) is 8.66. The van der Waals surface area contributed by atoms with E-state index >= 15 is 0 Å². The molecule has 0 radical (unpaired) electrons. The van der Waals surface area contributed by atoms with Crippen LogP contribution in [-0.4, -0.2) is 40.6 Å². The monoisotopic (exact) mass is 389 g/mol. The maximum Gasteiger partial charge on any atom is 0.514 e. The Hall–Kier alpha value is -3.26.